The molecule has 0 saturated carbocycles. The van der Waals surface area contributed by atoms with Crippen LogP contribution in [-0.4, -0.2) is 15.9 Å². The highest BCUT2D eigenvalue weighted by molar-refractivity contribution is 5.91. The van der Waals surface area contributed by atoms with Gasteiger partial charge in [-0.3, -0.25) is 4.79 Å². The second kappa shape index (κ2) is 8.06. The molecule has 126 valence electrons. The van der Waals surface area contributed by atoms with Crippen LogP contribution in [0, 0.1) is 6.92 Å². The topological polar surface area (TPSA) is 66.9 Å². The second-order valence-corrected chi connectivity index (χ2v) is 5.80. The molecule has 0 atom stereocenters. The Morgan fingerprint density at radius 2 is 1.72 bits per heavy atom. The van der Waals surface area contributed by atoms with Gasteiger partial charge in [-0.15, -0.1) is 0 Å². The molecule has 2 aromatic carbocycles. The Morgan fingerprint density at radius 1 is 0.920 bits per heavy atom. The molecule has 0 aliphatic heterocycles. The first kappa shape index (κ1) is 16.6. The maximum absolute atomic E-state index is 12.2. The number of nitrogens with one attached hydrogen (secondary N) is 2. The van der Waals surface area contributed by atoms with Gasteiger partial charge in [0.1, 0.15) is 11.5 Å². The Morgan fingerprint density at radius 3 is 2.44 bits per heavy atom. The number of aryl methyl sites for hydroxylation is 1. The summed E-state index contributed by atoms with van der Waals surface area (Å²) in [7, 11) is 0. The van der Waals surface area contributed by atoms with Gasteiger partial charge < -0.3 is 10.6 Å². The highest BCUT2D eigenvalue weighted by Gasteiger charge is 2.08. The predicted molar refractivity (Wildman–Crippen MR) is 98.1 cm³/mol. The van der Waals surface area contributed by atoms with E-state index in [-0.39, 0.29) is 5.91 Å². The van der Waals surface area contributed by atoms with Gasteiger partial charge in [-0.05, 0) is 18.1 Å². The van der Waals surface area contributed by atoms with Gasteiger partial charge >= 0.3 is 0 Å². The lowest BCUT2D eigenvalue weighted by Crippen LogP contribution is -2.24. The van der Waals surface area contributed by atoms with Crippen LogP contribution >= 0.6 is 0 Å². The molecule has 1 amide bonds. The number of aromatic nitrogens is 2. The van der Waals surface area contributed by atoms with Crippen molar-refractivity contribution in [3.05, 3.63) is 89.4 Å². The van der Waals surface area contributed by atoms with E-state index in [1.54, 1.807) is 6.20 Å². The van der Waals surface area contributed by atoms with E-state index >= 15 is 0 Å². The molecule has 5 nitrogen and oxygen atoms in total. The summed E-state index contributed by atoms with van der Waals surface area (Å²) < 4.78 is 0. The fraction of sp³-hybridized carbons (Fsp3) is 0.150. The van der Waals surface area contributed by atoms with Crippen LogP contribution in [0.25, 0.3) is 0 Å². The minimum atomic E-state index is -0.233. The SMILES string of the molecule is Cc1cccc(CNC(=O)c2cnc(NCc3ccccc3)cn2)c1. The predicted octanol–water partition coefficient (Wildman–Crippen LogP) is 3.33. The van der Waals surface area contributed by atoms with Gasteiger partial charge in [0, 0.05) is 13.1 Å². The minimum Gasteiger partial charge on any atom is -0.365 e. The lowest BCUT2D eigenvalue weighted by molar-refractivity contribution is 0.0945. The fourth-order valence-electron chi connectivity index (χ4n) is 2.42. The van der Waals surface area contributed by atoms with E-state index in [2.05, 4.69) is 20.6 Å². The molecule has 3 aromatic rings. The monoisotopic (exact) mass is 332 g/mol. The maximum atomic E-state index is 12.2. The first-order chi connectivity index (χ1) is 12.2. The summed E-state index contributed by atoms with van der Waals surface area (Å²) in [6.45, 7) is 3.16. The molecule has 25 heavy (non-hydrogen) atoms. The number of amides is 1. The third kappa shape index (κ3) is 4.88. The molecule has 0 unspecified atom stereocenters. The fourth-order valence-corrected chi connectivity index (χ4v) is 2.42. The number of hydrogen-bond acceptors (Lipinski definition) is 4. The zero-order valence-electron chi connectivity index (χ0n) is 14.1. The van der Waals surface area contributed by atoms with Crippen molar-refractivity contribution in [1.29, 1.82) is 0 Å². The van der Waals surface area contributed by atoms with E-state index in [9.17, 15) is 4.79 Å². The molecule has 2 N–H and O–H groups in total. The van der Waals surface area contributed by atoms with Gasteiger partial charge in [0.15, 0.2) is 0 Å². The molecule has 0 aliphatic rings. The average molecular weight is 332 g/mol. The first-order valence-electron chi connectivity index (χ1n) is 8.14. The Balaban J connectivity index is 1.53. The third-order valence-electron chi connectivity index (χ3n) is 3.74. The normalized spacial score (nSPS) is 10.3. The van der Waals surface area contributed by atoms with Gasteiger partial charge in [0.25, 0.3) is 5.91 Å². The second-order valence-electron chi connectivity index (χ2n) is 5.80. The summed E-state index contributed by atoms with van der Waals surface area (Å²) in [5.74, 6) is 0.405. The van der Waals surface area contributed by atoms with Crippen LogP contribution in [0.5, 0.6) is 0 Å². The zero-order chi connectivity index (χ0) is 17.5. The van der Waals surface area contributed by atoms with Crippen LogP contribution in [0.1, 0.15) is 27.2 Å². The van der Waals surface area contributed by atoms with Crippen LogP contribution in [-0.2, 0) is 13.1 Å². The summed E-state index contributed by atoms with van der Waals surface area (Å²) in [4.78, 5) is 20.6. The minimum absolute atomic E-state index is 0.233. The van der Waals surface area contributed by atoms with Crippen LogP contribution < -0.4 is 10.6 Å². The molecule has 0 aliphatic carbocycles. The smallest absolute Gasteiger partial charge is 0.271 e. The van der Waals surface area contributed by atoms with Crippen molar-refractivity contribution in [3.63, 3.8) is 0 Å². The molecule has 0 fully saturated rings. The lowest BCUT2D eigenvalue weighted by atomic mass is 10.1. The Hall–Kier alpha value is -3.21. The maximum Gasteiger partial charge on any atom is 0.271 e. The highest BCUT2D eigenvalue weighted by Crippen LogP contribution is 2.06. The molecule has 5 heteroatoms. The Kier molecular flexibility index (Phi) is 5.36. The third-order valence-corrected chi connectivity index (χ3v) is 3.74. The first-order valence-corrected chi connectivity index (χ1v) is 8.14. The van der Waals surface area contributed by atoms with Crippen LogP contribution in [0.4, 0.5) is 5.82 Å². The lowest BCUT2D eigenvalue weighted by Gasteiger charge is -2.07. The number of nitrogens with zero attached hydrogens (tertiary/aromatic N) is 2. The van der Waals surface area contributed by atoms with E-state index in [1.807, 2.05) is 61.5 Å². The molecule has 0 spiro atoms. The molecule has 0 saturated heterocycles. The zero-order valence-corrected chi connectivity index (χ0v) is 14.1. The molecule has 3 rings (SSSR count). The number of carbonyl (C=O) groups is 1. The highest BCUT2D eigenvalue weighted by atomic mass is 16.1. The van der Waals surface area contributed by atoms with Crippen molar-refractivity contribution in [2.75, 3.05) is 5.32 Å². The summed E-state index contributed by atoms with van der Waals surface area (Å²) >= 11 is 0. The van der Waals surface area contributed by atoms with Crippen molar-refractivity contribution in [2.45, 2.75) is 20.0 Å². The van der Waals surface area contributed by atoms with E-state index in [0.29, 0.717) is 24.6 Å². The molecular weight excluding hydrogens is 312 g/mol. The number of carbonyl (C=O) groups excluding carboxylic acids is 1. The quantitative estimate of drug-likeness (QED) is 0.726. The summed E-state index contributed by atoms with van der Waals surface area (Å²) in [5.41, 5.74) is 3.69. The largest absolute Gasteiger partial charge is 0.365 e. The number of anilines is 1. The van der Waals surface area contributed by atoms with Gasteiger partial charge in [0.2, 0.25) is 0 Å². The summed E-state index contributed by atoms with van der Waals surface area (Å²) in [5, 5.41) is 6.04. The van der Waals surface area contributed by atoms with Crippen molar-refractivity contribution in [3.8, 4) is 0 Å². The average Bonchev–Trinajstić information content (AvgIpc) is 2.66. The number of benzene rings is 2. The van der Waals surface area contributed by atoms with E-state index in [4.69, 9.17) is 0 Å². The van der Waals surface area contributed by atoms with Gasteiger partial charge in [-0.25, -0.2) is 9.97 Å². The number of rotatable bonds is 6. The number of hydrogen-bond donors (Lipinski definition) is 2. The molecule has 1 aromatic heterocycles. The Bertz CT molecular complexity index is 832. The van der Waals surface area contributed by atoms with Crippen molar-refractivity contribution >= 4 is 11.7 Å². The summed E-state index contributed by atoms with van der Waals surface area (Å²) in [6, 6.07) is 18.1. The van der Waals surface area contributed by atoms with Gasteiger partial charge in [-0.1, -0.05) is 60.2 Å². The molecular formula is C20H20N4O. The van der Waals surface area contributed by atoms with E-state index in [0.717, 1.165) is 11.1 Å². The standard InChI is InChI=1S/C20H20N4O/c1-15-6-5-9-17(10-15)12-24-20(25)18-13-23-19(14-21-18)22-11-16-7-3-2-4-8-16/h2-10,13-14H,11-12H2,1H3,(H,22,23)(H,24,25). The van der Waals surface area contributed by atoms with Gasteiger partial charge in [-0.2, -0.15) is 0 Å². The van der Waals surface area contributed by atoms with Crippen molar-refractivity contribution in [2.24, 2.45) is 0 Å². The van der Waals surface area contributed by atoms with E-state index in [1.165, 1.54) is 11.8 Å². The van der Waals surface area contributed by atoms with Crippen LogP contribution in [0.15, 0.2) is 67.0 Å². The molecule has 1 heterocycles. The molecule has 0 bridgehead atoms. The van der Waals surface area contributed by atoms with E-state index < -0.39 is 0 Å². The molecule has 0 radical (unpaired) electrons. The van der Waals surface area contributed by atoms with Crippen molar-refractivity contribution in [1.82, 2.24) is 15.3 Å². The van der Waals surface area contributed by atoms with Crippen LogP contribution in [0.2, 0.25) is 0 Å². The van der Waals surface area contributed by atoms with Crippen LogP contribution in [0.3, 0.4) is 0 Å². The Labute approximate surface area is 147 Å². The summed E-state index contributed by atoms with van der Waals surface area (Å²) in [6.07, 6.45) is 3.06. The van der Waals surface area contributed by atoms with Crippen molar-refractivity contribution < 1.29 is 4.79 Å². The van der Waals surface area contributed by atoms with Gasteiger partial charge in [0.05, 0.1) is 12.4 Å².